The van der Waals surface area contributed by atoms with Crippen molar-refractivity contribution in [2.45, 2.75) is 19.9 Å². The van der Waals surface area contributed by atoms with Crippen molar-refractivity contribution in [1.82, 2.24) is 15.5 Å². The molecule has 0 radical (unpaired) electrons. The largest absolute Gasteiger partial charge is 0.346 e. The summed E-state index contributed by atoms with van der Waals surface area (Å²) in [4.78, 5) is 14.7. The molecule has 0 aliphatic carbocycles. The molecule has 6 heteroatoms. The first kappa shape index (κ1) is 9.19. The van der Waals surface area contributed by atoms with Crippen LogP contribution in [-0.4, -0.2) is 16.0 Å². The van der Waals surface area contributed by atoms with Gasteiger partial charge < -0.3 is 9.84 Å². The van der Waals surface area contributed by atoms with Crippen LogP contribution in [0.1, 0.15) is 18.1 Å². The van der Waals surface area contributed by atoms with Gasteiger partial charge >= 0.3 is 0 Å². The molecule has 0 saturated heterocycles. The lowest BCUT2D eigenvalue weighted by atomic mass is 10.4. The molecule has 0 aliphatic heterocycles. The van der Waals surface area contributed by atoms with Gasteiger partial charge in [-0.05, 0) is 6.92 Å². The van der Waals surface area contributed by atoms with E-state index in [1.807, 2.05) is 0 Å². The topological polar surface area (TPSA) is 91.8 Å². The van der Waals surface area contributed by atoms with Crippen molar-refractivity contribution < 1.29 is 9.32 Å². The molecule has 13 heavy (non-hydrogen) atoms. The van der Waals surface area contributed by atoms with Gasteiger partial charge in [0.15, 0.2) is 5.82 Å². The SMILES string of the molecule is Cc1noc(CNC(=O)CC#N)n1. The van der Waals surface area contributed by atoms with Crippen LogP contribution in [0.4, 0.5) is 0 Å². The molecule has 1 aromatic heterocycles. The fourth-order valence-corrected chi connectivity index (χ4v) is 0.720. The fourth-order valence-electron chi connectivity index (χ4n) is 0.720. The van der Waals surface area contributed by atoms with E-state index in [9.17, 15) is 4.79 Å². The summed E-state index contributed by atoms with van der Waals surface area (Å²) in [5.74, 6) is 0.506. The van der Waals surface area contributed by atoms with Crippen LogP contribution < -0.4 is 5.32 Å². The quantitative estimate of drug-likeness (QED) is 0.701. The van der Waals surface area contributed by atoms with Gasteiger partial charge in [-0.25, -0.2) is 0 Å². The van der Waals surface area contributed by atoms with E-state index in [1.165, 1.54) is 0 Å². The van der Waals surface area contributed by atoms with Crippen molar-refractivity contribution in [3.8, 4) is 6.07 Å². The molecule has 0 unspecified atom stereocenters. The van der Waals surface area contributed by atoms with Crippen LogP contribution >= 0.6 is 0 Å². The van der Waals surface area contributed by atoms with Crippen LogP contribution in [0.5, 0.6) is 0 Å². The first-order chi connectivity index (χ1) is 6.22. The third-order valence-corrected chi connectivity index (χ3v) is 1.25. The predicted octanol–water partition coefficient (Wildman–Crippen LogP) is -0.0921. The van der Waals surface area contributed by atoms with Crippen LogP contribution in [0.15, 0.2) is 4.52 Å². The molecule has 1 amide bonds. The van der Waals surface area contributed by atoms with Crippen molar-refractivity contribution in [2.75, 3.05) is 0 Å². The van der Waals surface area contributed by atoms with E-state index >= 15 is 0 Å². The maximum absolute atomic E-state index is 10.8. The van der Waals surface area contributed by atoms with Crippen molar-refractivity contribution in [3.05, 3.63) is 11.7 Å². The Hall–Kier alpha value is -1.90. The third-order valence-electron chi connectivity index (χ3n) is 1.25. The number of nitrogens with zero attached hydrogens (tertiary/aromatic N) is 3. The Bertz CT molecular complexity index is 339. The Labute approximate surface area is 74.5 Å². The summed E-state index contributed by atoms with van der Waals surface area (Å²) in [6.07, 6.45) is -0.160. The second kappa shape index (κ2) is 4.21. The Morgan fingerprint density at radius 1 is 1.77 bits per heavy atom. The van der Waals surface area contributed by atoms with E-state index in [0.29, 0.717) is 11.7 Å². The average molecular weight is 180 g/mol. The Morgan fingerprint density at radius 2 is 2.54 bits per heavy atom. The number of amides is 1. The monoisotopic (exact) mass is 180 g/mol. The predicted molar refractivity (Wildman–Crippen MR) is 41.1 cm³/mol. The number of hydrogen-bond donors (Lipinski definition) is 1. The van der Waals surface area contributed by atoms with E-state index in [1.54, 1.807) is 13.0 Å². The lowest BCUT2D eigenvalue weighted by Gasteiger charge is -1.95. The molecule has 0 saturated carbocycles. The molecule has 1 N–H and O–H groups in total. The number of aryl methyl sites for hydroxylation is 1. The van der Waals surface area contributed by atoms with Crippen LogP contribution in [0.3, 0.4) is 0 Å². The molecule has 6 nitrogen and oxygen atoms in total. The minimum absolute atomic E-state index is 0.160. The first-order valence-corrected chi connectivity index (χ1v) is 3.65. The normalized spacial score (nSPS) is 9.23. The van der Waals surface area contributed by atoms with Gasteiger partial charge in [0.1, 0.15) is 6.42 Å². The molecule has 0 atom stereocenters. The molecule has 0 fully saturated rings. The molecule has 0 spiro atoms. The minimum atomic E-state index is -0.349. The van der Waals surface area contributed by atoms with Crippen LogP contribution in [0, 0.1) is 18.3 Å². The molecule has 1 aromatic rings. The maximum Gasteiger partial charge on any atom is 0.246 e. The number of aromatic nitrogens is 2. The highest BCUT2D eigenvalue weighted by molar-refractivity contribution is 5.77. The van der Waals surface area contributed by atoms with Crippen molar-refractivity contribution in [3.63, 3.8) is 0 Å². The summed E-state index contributed by atoms with van der Waals surface area (Å²) in [7, 11) is 0. The summed E-state index contributed by atoms with van der Waals surface area (Å²) in [5.41, 5.74) is 0. The smallest absolute Gasteiger partial charge is 0.246 e. The Balaban J connectivity index is 2.36. The second-order valence-electron chi connectivity index (χ2n) is 2.35. The van der Waals surface area contributed by atoms with E-state index in [2.05, 4.69) is 15.5 Å². The number of carbonyl (C=O) groups excluding carboxylic acids is 1. The van der Waals surface area contributed by atoms with Gasteiger partial charge in [-0.15, -0.1) is 0 Å². The van der Waals surface area contributed by atoms with Gasteiger partial charge in [-0.1, -0.05) is 5.16 Å². The van der Waals surface area contributed by atoms with Crippen molar-refractivity contribution in [2.24, 2.45) is 0 Å². The standard InChI is InChI=1S/C7H8N4O2/c1-5-10-7(13-11-5)4-9-6(12)2-3-8/h2,4H2,1H3,(H,9,12). The molecule has 1 heterocycles. The van der Waals surface area contributed by atoms with E-state index in [0.717, 1.165) is 0 Å². The van der Waals surface area contributed by atoms with Gasteiger partial charge in [0.05, 0.1) is 12.6 Å². The van der Waals surface area contributed by atoms with Gasteiger partial charge in [-0.3, -0.25) is 4.79 Å². The zero-order chi connectivity index (χ0) is 9.68. The summed E-state index contributed by atoms with van der Waals surface area (Å²) in [6.45, 7) is 1.85. The highest BCUT2D eigenvalue weighted by Crippen LogP contribution is 1.94. The first-order valence-electron chi connectivity index (χ1n) is 3.65. The van der Waals surface area contributed by atoms with Gasteiger partial charge in [0.25, 0.3) is 0 Å². The molecular formula is C7H8N4O2. The van der Waals surface area contributed by atoms with Gasteiger partial charge in [0.2, 0.25) is 11.8 Å². The summed E-state index contributed by atoms with van der Waals surface area (Å²) in [6, 6.07) is 1.73. The average Bonchev–Trinajstić information content (AvgIpc) is 2.49. The summed E-state index contributed by atoms with van der Waals surface area (Å²) >= 11 is 0. The van der Waals surface area contributed by atoms with E-state index in [4.69, 9.17) is 9.78 Å². The molecule has 1 rings (SSSR count). The summed E-state index contributed by atoms with van der Waals surface area (Å²) < 4.78 is 4.73. The number of carbonyl (C=O) groups is 1. The number of hydrogen-bond acceptors (Lipinski definition) is 5. The maximum atomic E-state index is 10.8. The van der Waals surface area contributed by atoms with Crippen molar-refractivity contribution in [1.29, 1.82) is 5.26 Å². The minimum Gasteiger partial charge on any atom is -0.346 e. The van der Waals surface area contributed by atoms with Crippen molar-refractivity contribution >= 4 is 5.91 Å². The van der Waals surface area contributed by atoms with E-state index < -0.39 is 0 Å². The Morgan fingerprint density at radius 3 is 3.08 bits per heavy atom. The zero-order valence-corrected chi connectivity index (χ0v) is 7.07. The number of nitrogens with one attached hydrogen (secondary N) is 1. The van der Waals surface area contributed by atoms with Crippen LogP contribution in [0.25, 0.3) is 0 Å². The number of nitriles is 1. The fraction of sp³-hybridized carbons (Fsp3) is 0.429. The molecule has 0 aliphatic rings. The van der Waals surface area contributed by atoms with Crippen LogP contribution in [0.2, 0.25) is 0 Å². The highest BCUT2D eigenvalue weighted by atomic mass is 16.5. The molecule has 68 valence electrons. The van der Waals surface area contributed by atoms with Gasteiger partial charge in [-0.2, -0.15) is 10.2 Å². The lowest BCUT2D eigenvalue weighted by Crippen LogP contribution is -2.21. The number of rotatable bonds is 3. The molecular weight excluding hydrogens is 172 g/mol. The summed E-state index contributed by atoms with van der Waals surface area (Å²) in [5, 5.41) is 14.2. The third kappa shape index (κ3) is 2.91. The molecule has 0 bridgehead atoms. The highest BCUT2D eigenvalue weighted by Gasteiger charge is 2.04. The second-order valence-corrected chi connectivity index (χ2v) is 2.35. The molecule has 0 aromatic carbocycles. The zero-order valence-electron chi connectivity index (χ0n) is 7.07. The lowest BCUT2D eigenvalue weighted by molar-refractivity contribution is -0.120. The van der Waals surface area contributed by atoms with E-state index in [-0.39, 0.29) is 18.9 Å². The van der Waals surface area contributed by atoms with Crippen LogP contribution in [-0.2, 0) is 11.3 Å². The Kier molecular flexibility index (Phi) is 2.97. The van der Waals surface area contributed by atoms with Gasteiger partial charge in [0, 0.05) is 0 Å².